The highest BCUT2D eigenvalue weighted by molar-refractivity contribution is 5.99. The van der Waals surface area contributed by atoms with Crippen LogP contribution in [0.1, 0.15) is 12.5 Å². The van der Waals surface area contributed by atoms with Crippen molar-refractivity contribution in [2.75, 3.05) is 17.3 Å². The zero-order valence-corrected chi connectivity index (χ0v) is 9.32. The smallest absolute Gasteiger partial charge is 0.228 e. The topological polar surface area (TPSA) is 56.1 Å². The summed E-state index contributed by atoms with van der Waals surface area (Å²) >= 11 is 0. The zero-order chi connectivity index (χ0) is 11.7. The molecule has 0 saturated carbocycles. The largest absolute Gasteiger partial charge is 0.359 e. The quantitative estimate of drug-likeness (QED) is 0.814. The second-order valence-corrected chi connectivity index (χ2v) is 3.98. The van der Waals surface area contributed by atoms with Gasteiger partial charge in [-0.05, 0) is 30.7 Å². The fourth-order valence-electron chi connectivity index (χ4n) is 1.75. The third-order valence-corrected chi connectivity index (χ3v) is 2.89. The zero-order valence-electron chi connectivity index (χ0n) is 9.32. The number of benzene rings is 1. The summed E-state index contributed by atoms with van der Waals surface area (Å²) in [5.74, 6) is 0.0307. The van der Waals surface area contributed by atoms with Crippen molar-refractivity contribution in [2.24, 2.45) is 0 Å². The van der Waals surface area contributed by atoms with Crippen LogP contribution in [0.15, 0.2) is 18.2 Å². The maximum absolute atomic E-state index is 11.2. The Labute approximate surface area is 94.5 Å². The minimum absolute atomic E-state index is 0.0307. The van der Waals surface area contributed by atoms with Crippen LogP contribution in [0.3, 0.4) is 0 Å². The lowest BCUT2D eigenvalue weighted by atomic mass is 10.1. The van der Waals surface area contributed by atoms with Gasteiger partial charge in [-0.1, -0.05) is 0 Å². The molecule has 0 aliphatic carbocycles. The second-order valence-electron chi connectivity index (χ2n) is 3.98. The Balaban J connectivity index is 2.29. The van der Waals surface area contributed by atoms with Crippen molar-refractivity contribution in [2.45, 2.75) is 19.4 Å². The molecule has 0 radical (unpaired) electrons. The Morgan fingerprint density at radius 2 is 2.31 bits per heavy atom. The first-order valence-corrected chi connectivity index (χ1v) is 5.17. The lowest BCUT2D eigenvalue weighted by Gasteiger charge is -2.22. The van der Waals surface area contributed by atoms with Crippen LogP contribution in [0.2, 0.25) is 0 Å². The summed E-state index contributed by atoms with van der Waals surface area (Å²) in [5, 5.41) is 11.6. The van der Waals surface area contributed by atoms with Crippen LogP contribution in [-0.2, 0) is 11.2 Å². The van der Waals surface area contributed by atoms with Gasteiger partial charge in [-0.2, -0.15) is 5.26 Å². The van der Waals surface area contributed by atoms with E-state index in [0.29, 0.717) is 6.42 Å². The number of hydrogen-bond acceptors (Lipinski definition) is 3. The van der Waals surface area contributed by atoms with E-state index in [0.717, 1.165) is 16.9 Å². The van der Waals surface area contributed by atoms with Crippen LogP contribution in [0, 0.1) is 11.3 Å². The van der Waals surface area contributed by atoms with E-state index >= 15 is 0 Å². The molecule has 0 fully saturated rings. The van der Waals surface area contributed by atoms with Gasteiger partial charge in [0.2, 0.25) is 5.91 Å². The molecule has 1 N–H and O–H groups in total. The maximum Gasteiger partial charge on any atom is 0.228 e. The van der Waals surface area contributed by atoms with E-state index in [-0.39, 0.29) is 11.9 Å². The molecule has 1 aromatic carbocycles. The number of nitrogens with zero attached hydrogens (tertiary/aromatic N) is 2. The van der Waals surface area contributed by atoms with Gasteiger partial charge >= 0.3 is 0 Å². The number of nitriles is 1. The summed E-state index contributed by atoms with van der Waals surface area (Å²) in [6.45, 7) is 1.84. The summed E-state index contributed by atoms with van der Waals surface area (Å²) < 4.78 is 0. The third kappa shape index (κ3) is 1.72. The molecule has 1 amide bonds. The van der Waals surface area contributed by atoms with Gasteiger partial charge in [-0.15, -0.1) is 0 Å². The average Bonchev–Trinajstić information content (AvgIpc) is 2.65. The number of anilines is 2. The van der Waals surface area contributed by atoms with Gasteiger partial charge in [0.15, 0.2) is 0 Å². The van der Waals surface area contributed by atoms with E-state index in [9.17, 15) is 4.79 Å². The van der Waals surface area contributed by atoms with Crippen molar-refractivity contribution in [3.05, 3.63) is 23.8 Å². The molecule has 1 aliphatic rings. The minimum Gasteiger partial charge on any atom is -0.359 e. The number of fused-ring (bicyclic) bond motifs is 1. The number of carbonyl (C=O) groups excluding carboxylic acids is 1. The number of hydrogen-bond donors (Lipinski definition) is 1. The molecule has 1 aromatic rings. The SMILES string of the molecule is CC(C#N)N(C)c1ccc2c(c1)CC(=O)N2. The van der Waals surface area contributed by atoms with E-state index in [1.54, 1.807) is 0 Å². The van der Waals surface area contributed by atoms with E-state index < -0.39 is 0 Å². The molecule has 16 heavy (non-hydrogen) atoms. The van der Waals surface area contributed by atoms with Crippen molar-refractivity contribution >= 4 is 17.3 Å². The normalized spacial score (nSPS) is 14.9. The van der Waals surface area contributed by atoms with Gasteiger partial charge in [-0.3, -0.25) is 4.79 Å². The predicted octanol–water partition coefficient (Wildman–Crippen LogP) is 1.53. The van der Waals surface area contributed by atoms with Gasteiger partial charge in [0, 0.05) is 18.4 Å². The van der Waals surface area contributed by atoms with E-state index in [2.05, 4.69) is 11.4 Å². The van der Waals surface area contributed by atoms with Gasteiger partial charge < -0.3 is 10.2 Å². The van der Waals surface area contributed by atoms with E-state index in [1.165, 1.54) is 0 Å². The first-order chi connectivity index (χ1) is 7.61. The van der Waals surface area contributed by atoms with Crippen LogP contribution in [0.4, 0.5) is 11.4 Å². The molecule has 4 heteroatoms. The molecule has 1 aliphatic heterocycles. The van der Waals surface area contributed by atoms with Crippen molar-refractivity contribution in [1.82, 2.24) is 0 Å². The molecule has 0 saturated heterocycles. The predicted molar refractivity (Wildman–Crippen MR) is 62.3 cm³/mol. The Kier molecular flexibility index (Phi) is 2.53. The van der Waals surface area contributed by atoms with Crippen molar-refractivity contribution in [3.8, 4) is 6.07 Å². The Hall–Kier alpha value is -2.02. The Bertz CT molecular complexity index is 476. The van der Waals surface area contributed by atoms with Crippen LogP contribution in [0.25, 0.3) is 0 Å². The Morgan fingerprint density at radius 3 is 3.00 bits per heavy atom. The summed E-state index contributed by atoms with van der Waals surface area (Å²) in [6, 6.07) is 7.76. The van der Waals surface area contributed by atoms with Gasteiger partial charge in [0.05, 0.1) is 12.5 Å². The van der Waals surface area contributed by atoms with E-state index in [1.807, 2.05) is 37.1 Å². The lowest BCUT2D eigenvalue weighted by Crippen LogP contribution is -2.27. The highest BCUT2D eigenvalue weighted by Gasteiger charge is 2.19. The number of amides is 1. The molecular formula is C12H13N3O. The molecule has 1 unspecified atom stereocenters. The first-order valence-electron chi connectivity index (χ1n) is 5.17. The highest BCUT2D eigenvalue weighted by Crippen LogP contribution is 2.27. The molecule has 82 valence electrons. The maximum atomic E-state index is 11.2. The summed E-state index contributed by atoms with van der Waals surface area (Å²) in [4.78, 5) is 13.1. The fourth-order valence-corrected chi connectivity index (χ4v) is 1.75. The molecule has 2 rings (SSSR count). The molecule has 0 bridgehead atoms. The molecular weight excluding hydrogens is 202 g/mol. The number of rotatable bonds is 2. The highest BCUT2D eigenvalue weighted by atomic mass is 16.1. The van der Waals surface area contributed by atoms with Gasteiger partial charge in [0.25, 0.3) is 0 Å². The number of nitrogens with one attached hydrogen (secondary N) is 1. The summed E-state index contributed by atoms with van der Waals surface area (Å²) in [5.41, 5.74) is 2.84. The number of carbonyl (C=O) groups is 1. The molecule has 1 atom stereocenters. The first kappa shape index (κ1) is 10.5. The van der Waals surface area contributed by atoms with Crippen LogP contribution >= 0.6 is 0 Å². The van der Waals surface area contributed by atoms with Gasteiger partial charge in [0.1, 0.15) is 6.04 Å². The standard InChI is InChI=1S/C12H13N3O/c1-8(7-13)15(2)10-3-4-11-9(5-10)6-12(16)14-11/h3-5,8H,6H2,1-2H3,(H,14,16). The Morgan fingerprint density at radius 1 is 1.56 bits per heavy atom. The van der Waals surface area contributed by atoms with Crippen molar-refractivity contribution in [3.63, 3.8) is 0 Å². The molecule has 0 spiro atoms. The molecule has 1 heterocycles. The fraction of sp³-hybridized carbons (Fsp3) is 0.333. The lowest BCUT2D eigenvalue weighted by molar-refractivity contribution is -0.115. The summed E-state index contributed by atoms with van der Waals surface area (Å²) in [6.07, 6.45) is 0.429. The monoisotopic (exact) mass is 215 g/mol. The molecule has 0 aromatic heterocycles. The van der Waals surface area contributed by atoms with E-state index in [4.69, 9.17) is 5.26 Å². The van der Waals surface area contributed by atoms with Gasteiger partial charge in [-0.25, -0.2) is 0 Å². The van der Waals surface area contributed by atoms with Crippen LogP contribution in [0.5, 0.6) is 0 Å². The third-order valence-electron chi connectivity index (χ3n) is 2.89. The minimum atomic E-state index is -0.178. The average molecular weight is 215 g/mol. The van der Waals surface area contributed by atoms with Crippen molar-refractivity contribution in [1.29, 1.82) is 5.26 Å². The van der Waals surface area contributed by atoms with Crippen LogP contribution < -0.4 is 10.2 Å². The second kappa shape index (κ2) is 3.86. The van der Waals surface area contributed by atoms with Crippen LogP contribution in [-0.4, -0.2) is 19.0 Å². The van der Waals surface area contributed by atoms with Crippen molar-refractivity contribution < 1.29 is 4.79 Å². The molecule has 4 nitrogen and oxygen atoms in total. The summed E-state index contributed by atoms with van der Waals surface area (Å²) in [7, 11) is 1.87.